The van der Waals surface area contributed by atoms with Gasteiger partial charge in [-0.05, 0) is 71.0 Å². The van der Waals surface area contributed by atoms with Crippen molar-refractivity contribution in [3.8, 4) is 17.1 Å². The number of aromatic amines is 2. The van der Waals surface area contributed by atoms with E-state index in [4.69, 9.17) is 13.8 Å². The smallest absolute Gasteiger partial charge is 0.343 e. The minimum atomic E-state index is -0.477. The first-order valence-electron chi connectivity index (χ1n) is 11.9. The van der Waals surface area contributed by atoms with Crippen LogP contribution in [-0.2, 0) is 0 Å². The van der Waals surface area contributed by atoms with Crippen molar-refractivity contribution in [1.82, 2.24) is 20.3 Å². The van der Waals surface area contributed by atoms with E-state index in [1.165, 1.54) is 30.5 Å². The Hall–Kier alpha value is -5.91. The second-order valence-electron chi connectivity index (χ2n) is 8.30. The van der Waals surface area contributed by atoms with Crippen LogP contribution in [0.15, 0.2) is 115 Å². The highest BCUT2D eigenvalue weighted by Crippen LogP contribution is 2.31. The van der Waals surface area contributed by atoms with Gasteiger partial charge in [-0.25, -0.2) is 18.8 Å². The Kier molecular flexibility index (Phi) is 6.61. The number of furan rings is 1. The van der Waals surface area contributed by atoms with E-state index in [-0.39, 0.29) is 16.8 Å². The SMILES string of the molecule is O=C(Oc1ccccc1-c1ccc(/C=N/N=c2[nH]c3nonc3[nH]c2=Nc2ccc(F)cc2)o1)c1ccccc1. The van der Waals surface area contributed by atoms with Crippen molar-refractivity contribution in [2.75, 3.05) is 0 Å². The maximum atomic E-state index is 13.3. The Labute approximate surface area is 224 Å². The molecule has 6 rings (SSSR count). The molecule has 0 bridgehead atoms. The number of H-pyrrole nitrogens is 2. The first-order valence-corrected chi connectivity index (χ1v) is 11.9. The van der Waals surface area contributed by atoms with Gasteiger partial charge in [0.25, 0.3) is 0 Å². The fourth-order valence-electron chi connectivity index (χ4n) is 3.70. The van der Waals surface area contributed by atoms with Gasteiger partial charge >= 0.3 is 5.97 Å². The Morgan fingerprint density at radius 1 is 0.850 bits per heavy atom. The van der Waals surface area contributed by atoms with Crippen LogP contribution in [-0.4, -0.2) is 32.5 Å². The Morgan fingerprint density at radius 3 is 2.38 bits per heavy atom. The van der Waals surface area contributed by atoms with Crippen LogP contribution in [0.4, 0.5) is 10.1 Å². The first kappa shape index (κ1) is 24.4. The highest BCUT2D eigenvalue weighted by Gasteiger charge is 2.14. The minimum Gasteiger partial charge on any atom is -0.455 e. The molecule has 0 spiro atoms. The quantitative estimate of drug-likeness (QED) is 0.137. The molecule has 0 radical (unpaired) electrons. The van der Waals surface area contributed by atoms with E-state index < -0.39 is 5.97 Å². The number of benzene rings is 3. The number of carbonyl (C=O) groups excluding carboxylic acids is 1. The largest absolute Gasteiger partial charge is 0.455 e. The number of hydrogen-bond donors (Lipinski definition) is 2. The summed E-state index contributed by atoms with van der Waals surface area (Å²) in [5.41, 5.74) is 2.60. The van der Waals surface area contributed by atoms with Crippen LogP contribution < -0.4 is 15.7 Å². The summed E-state index contributed by atoms with van der Waals surface area (Å²) in [7, 11) is 0. The number of esters is 1. The zero-order valence-electron chi connectivity index (χ0n) is 20.5. The molecule has 0 fully saturated rings. The van der Waals surface area contributed by atoms with Gasteiger partial charge in [-0.1, -0.05) is 30.3 Å². The number of nitrogens with one attached hydrogen (secondary N) is 2. The maximum Gasteiger partial charge on any atom is 0.343 e. The molecular weight excluding hydrogens is 517 g/mol. The van der Waals surface area contributed by atoms with Crippen LogP contribution in [0.3, 0.4) is 0 Å². The topological polar surface area (TPSA) is 147 Å². The van der Waals surface area contributed by atoms with Crippen molar-refractivity contribution >= 4 is 29.2 Å². The molecule has 0 saturated carbocycles. The third-order valence-corrected chi connectivity index (χ3v) is 5.59. The monoisotopic (exact) mass is 535 g/mol. The number of para-hydroxylation sites is 1. The van der Waals surface area contributed by atoms with E-state index in [0.717, 1.165) is 0 Å². The fraction of sp³-hybridized carbons (Fsp3) is 0. The average molecular weight is 535 g/mol. The van der Waals surface area contributed by atoms with Crippen molar-refractivity contribution < 1.29 is 23.0 Å². The summed E-state index contributed by atoms with van der Waals surface area (Å²) in [5.74, 6) is 0.364. The highest BCUT2D eigenvalue weighted by molar-refractivity contribution is 5.92. The molecule has 11 nitrogen and oxygen atoms in total. The van der Waals surface area contributed by atoms with Gasteiger partial charge < -0.3 is 19.1 Å². The zero-order chi connectivity index (χ0) is 27.3. The fourth-order valence-corrected chi connectivity index (χ4v) is 3.70. The summed E-state index contributed by atoms with van der Waals surface area (Å²) >= 11 is 0. The lowest BCUT2D eigenvalue weighted by Crippen LogP contribution is -2.31. The molecule has 12 heteroatoms. The molecular formula is C28H18FN7O4. The second kappa shape index (κ2) is 10.8. The molecule has 0 aliphatic carbocycles. The summed E-state index contributed by atoms with van der Waals surface area (Å²) in [5, 5.41) is 15.8. The Bertz CT molecular complexity index is 1970. The first-order chi connectivity index (χ1) is 19.6. The third-order valence-electron chi connectivity index (χ3n) is 5.59. The van der Waals surface area contributed by atoms with Crippen molar-refractivity contribution in [3.63, 3.8) is 0 Å². The van der Waals surface area contributed by atoms with Gasteiger partial charge in [-0.3, -0.25) is 0 Å². The summed E-state index contributed by atoms with van der Waals surface area (Å²) in [6, 6.07) is 24.8. The average Bonchev–Trinajstić information content (AvgIpc) is 3.64. The molecule has 0 aliphatic heterocycles. The molecule has 0 atom stereocenters. The summed E-state index contributed by atoms with van der Waals surface area (Å²) in [4.78, 5) is 22.9. The lowest BCUT2D eigenvalue weighted by atomic mass is 10.1. The number of rotatable bonds is 6. The predicted molar refractivity (Wildman–Crippen MR) is 141 cm³/mol. The molecule has 2 N–H and O–H groups in total. The molecule has 3 heterocycles. The van der Waals surface area contributed by atoms with Gasteiger partial charge in [0, 0.05) is 0 Å². The molecule has 196 valence electrons. The molecule has 3 aromatic heterocycles. The summed E-state index contributed by atoms with van der Waals surface area (Å²) in [6.07, 6.45) is 1.41. The molecule has 0 saturated heterocycles. The second-order valence-corrected chi connectivity index (χ2v) is 8.30. The van der Waals surface area contributed by atoms with Gasteiger partial charge in [-0.15, -0.1) is 5.10 Å². The van der Waals surface area contributed by atoms with E-state index in [0.29, 0.717) is 45.4 Å². The summed E-state index contributed by atoms with van der Waals surface area (Å²) in [6.45, 7) is 0. The number of ether oxygens (including phenoxy) is 1. The molecule has 3 aromatic carbocycles. The van der Waals surface area contributed by atoms with Crippen molar-refractivity contribution in [2.24, 2.45) is 15.2 Å². The van der Waals surface area contributed by atoms with Crippen LogP contribution >= 0.6 is 0 Å². The highest BCUT2D eigenvalue weighted by atomic mass is 19.1. The maximum absolute atomic E-state index is 13.3. The van der Waals surface area contributed by atoms with Crippen LogP contribution in [0.1, 0.15) is 16.1 Å². The van der Waals surface area contributed by atoms with Gasteiger partial charge in [-0.2, -0.15) is 5.10 Å². The zero-order valence-corrected chi connectivity index (χ0v) is 20.5. The third kappa shape index (κ3) is 5.36. The van der Waals surface area contributed by atoms with E-state index >= 15 is 0 Å². The predicted octanol–water partition coefficient (Wildman–Crippen LogP) is 4.66. The Balaban J connectivity index is 1.28. The molecule has 6 aromatic rings. The van der Waals surface area contributed by atoms with E-state index in [2.05, 4.69) is 35.5 Å². The van der Waals surface area contributed by atoms with E-state index in [1.807, 2.05) is 12.1 Å². The number of halogens is 1. The number of nitrogens with zero attached hydrogens (tertiary/aromatic N) is 5. The number of hydrogen-bond acceptors (Lipinski definition) is 9. The molecule has 0 amide bonds. The number of fused-ring (bicyclic) bond motifs is 1. The van der Waals surface area contributed by atoms with E-state index in [9.17, 15) is 9.18 Å². The van der Waals surface area contributed by atoms with Crippen molar-refractivity contribution in [1.29, 1.82) is 0 Å². The lowest BCUT2D eigenvalue weighted by molar-refractivity contribution is 0.0735. The van der Waals surface area contributed by atoms with E-state index in [1.54, 1.807) is 54.6 Å². The van der Waals surface area contributed by atoms with Gasteiger partial charge in [0.15, 0.2) is 11.0 Å². The molecule has 0 unspecified atom stereocenters. The van der Waals surface area contributed by atoms with Crippen LogP contribution in [0.5, 0.6) is 5.75 Å². The van der Waals surface area contributed by atoms with Gasteiger partial charge in [0.2, 0.25) is 11.3 Å². The van der Waals surface area contributed by atoms with Gasteiger partial charge in [0.1, 0.15) is 23.1 Å². The molecule has 0 aliphatic rings. The van der Waals surface area contributed by atoms with Crippen LogP contribution in [0.2, 0.25) is 0 Å². The normalized spacial score (nSPS) is 12.4. The standard InChI is InChI=1S/C28H18FN7O4/c29-18-10-12-19(13-11-18)31-24-25(33-27-26(32-24)35-40-36-27)34-30-16-20-14-15-23(38-20)21-8-4-5-9-22(21)39-28(37)17-6-2-1-3-7-17/h1-16H,(H,31,32,35)(H,33,34,36)/b30-16+. The van der Waals surface area contributed by atoms with Crippen LogP contribution in [0, 0.1) is 5.82 Å². The Morgan fingerprint density at radius 2 is 1.57 bits per heavy atom. The molecule has 40 heavy (non-hydrogen) atoms. The van der Waals surface area contributed by atoms with Crippen LogP contribution in [0.25, 0.3) is 22.6 Å². The minimum absolute atomic E-state index is 0.216. The van der Waals surface area contributed by atoms with Crippen molar-refractivity contribution in [3.05, 3.63) is 119 Å². The van der Waals surface area contributed by atoms with Gasteiger partial charge in [0.05, 0.1) is 23.0 Å². The number of carbonyl (C=O) groups is 1. The lowest BCUT2D eigenvalue weighted by Gasteiger charge is -2.08. The number of aromatic nitrogens is 4. The van der Waals surface area contributed by atoms with Crippen molar-refractivity contribution in [2.45, 2.75) is 0 Å². The summed E-state index contributed by atoms with van der Waals surface area (Å²) < 4.78 is 29.6.